The van der Waals surface area contributed by atoms with Crippen molar-refractivity contribution in [3.05, 3.63) is 82.1 Å². The van der Waals surface area contributed by atoms with Gasteiger partial charge < -0.3 is 4.57 Å². The van der Waals surface area contributed by atoms with Crippen LogP contribution in [0.2, 0.25) is 0 Å². The molecular weight excluding hydrogens is 513 g/mol. The number of imidazole rings is 1. The van der Waals surface area contributed by atoms with Crippen LogP contribution in [0.4, 0.5) is 13.2 Å². The van der Waals surface area contributed by atoms with Crippen molar-refractivity contribution < 1.29 is 13.2 Å². The van der Waals surface area contributed by atoms with Crippen molar-refractivity contribution in [2.45, 2.75) is 50.7 Å². The summed E-state index contributed by atoms with van der Waals surface area (Å²) in [6.07, 6.45) is 5.38. The van der Waals surface area contributed by atoms with Crippen molar-refractivity contribution in [2.75, 3.05) is 12.3 Å². The van der Waals surface area contributed by atoms with Gasteiger partial charge in [0.25, 0.3) is 0 Å². The lowest BCUT2D eigenvalue weighted by molar-refractivity contribution is -0.136. The number of rotatable bonds is 6. The molecule has 0 amide bonds. The summed E-state index contributed by atoms with van der Waals surface area (Å²) in [5, 5.41) is 8.41. The van der Waals surface area contributed by atoms with E-state index in [1.165, 1.54) is 16.8 Å². The van der Waals surface area contributed by atoms with E-state index in [2.05, 4.69) is 14.5 Å². The van der Waals surface area contributed by atoms with Crippen LogP contribution < -0.4 is 5.69 Å². The first-order valence-corrected chi connectivity index (χ1v) is 13.9. The molecule has 2 fully saturated rings. The van der Waals surface area contributed by atoms with Gasteiger partial charge >= 0.3 is 11.9 Å². The average molecular weight is 543 g/mol. The first kappa shape index (κ1) is 25.2. The first-order chi connectivity index (χ1) is 18.3. The minimum absolute atomic E-state index is 0.00307. The molecule has 2 aliphatic rings. The van der Waals surface area contributed by atoms with Gasteiger partial charge in [-0.15, -0.1) is 10.2 Å². The Morgan fingerprint density at radius 2 is 1.97 bits per heavy atom. The summed E-state index contributed by atoms with van der Waals surface area (Å²) in [6.45, 7) is 1.18. The standard InChI is InChI=1S/C27H29F3N6OS/c1-33-17-31-32-25(33)24(19-6-4-7-19)20-8-5-9-21(13-20)35-16-23-22(27(28,29)30)12-18(15-36(23)26(35)37)14-34-10-2-3-11-38-34/h5,8-9,12-13,15-17,19,24H,2-4,6-7,10-11,14H2,1H3. The van der Waals surface area contributed by atoms with Gasteiger partial charge in [0, 0.05) is 44.2 Å². The van der Waals surface area contributed by atoms with Crippen LogP contribution in [0.3, 0.4) is 0 Å². The number of halogens is 3. The number of aromatic nitrogens is 5. The van der Waals surface area contributed by atoms with Crippen molar-refractivity contribution in [1.29, 1.82) is 0 Å². The number of aryl methyl sites for hydroxylation is 1. The molecule has 6 rings (SSSR count). The van der Waals surface area contributed by atoms with Crippen molar-refractivity contribution in [3.8, 4) is 5.69 Å². The largest absolute Gasteiger partial charge is 0.418 e. The minimum atomic E-state index is -4.59. The number of alkyl halides is 3. The van der Waals surface area contributed by atoms with E-state index in [0.29, 0.717) is 23.7 Å². The van der Waals surface area contributed by atoms with E-state index in [0.717, 1.165) is 60.2 Å². The molecular formula is C27H29F3N6OS. The topological polar surface area (TPSA) is 60.4 Å². The Morgan fingerprint density at radius 1 is 1.13 bits per heavy atom. The number of pyridine rings is 1. The zero-order valence-electron chi connectivity index (χ0n) is 21.1. The third-order valence-electron chi connectivity index (χ3n) is 7.72. The maximum Gasteiger partial charge on any atom is 0.418 e. The van der Waals surface area contributed by atoms with Crippen LogP contribution in [0, 0.1) is 5.92 Å². The summed E-state index contributed by atoms with van der Waals surface area (Å²) in [7, 11) is 1.91. The molecule has 0 spiro atoms. The Bertz CT molecular complexity index is 1510. The van der Waals surface area contributed by atoms with Crippen LogP contribution in [-0.4, -0.2) is 40.3 Å². The van der Waals surface area contributed by atoms with E-state index in [4.69, 9.17) is 0 Å². The van der Waals surface area contributed by atoms with Gasteiger partial charge in [-0.1, -0.05) is 30.5 Å². The van der Waals surface area contributed by atoms with Crippen LogP contribution in [0.15, 0.2) is 53.8 Å². The fraction of sp³-hybridized carbons (Fsp3) is 0.444. The zero-order valence-corrected chi connectivity index (χ0v) is 21.9. The van der Waals surface area contributed by atoms with Crippen LogP contribution in [-0.2, 0) is 19.8 Å². The molecule has 200 valence electrons. The highest BCUT2D eigenvalue weighted by atomic mass is 32.2. The summed E-state index contributed by atoms with van der Waals surface area (Å²) in [4.78, 5) is 13.5. The third-order valence-corrected chi connectivity index (χ3v) is 8.87. The Morgan fingerprint density at radius 3 is 2.63 bits per heavy atom. The van der Waals surface area contributed by atoms with Crippen molar-refractivity contribution in [1.82, 2.24) is 28.0 Å². The molecule has 1 saturated carbocycles. The van der Waals surface area contributed by atoms with E-state index in [9.17, 15) is 18.0 Å². The first-order valence-electron chi connectivity index (χ1n) is 13.0. The smallest absolute Gasteiger partial charge is 0.320 e. The molecule has 1 aliphatic carbocycles. The average Bonchev–Trinajstić information content (AvgIpc) is 3.44. The molecule has 1 aliphatic heterocycles. The molecule has 4 heterocycles. The van der Waals surface area contributed by atoms with Crippen molar-refractivity contribution >= 4 is 17.5 Å². The molecule has 38 heavy (non-hydrogen) atoms. The van der Waals surface area contributed by atoms with E-state index < -0.39 is 17.4 Å². The van der Waals surface area contributed by atoms with Gasteiger partial charge in [0.15, 0.2) is 0 Å². The maximum absolute atomic E-state index is 14.2. The molecule has 1 saturated heterocycles. The lowest BCUT2D eigenvalue weighted by Crippen LogP contribution is -2.24. The van der Waals surface area contributed by atoms with Crippen LogP contribution in [0.25, 0.3) is 11.2 Å². The van der Waals surface area contributed by atoms with Gasteiger partial charge in [0.2, 0.25) is 0 Å². The van der Waals surface area contributed by atoms with E-state index >= 15 is 0 Å². The molecule has 7 nitrogen and oxygen atoms in total. The quantitative estimate of drug-likeness (QED) is 0.305. The fourth-order valence-electron chi connectivity index (χ4n) is 5.57. The molecule has 11 heteroatoms. The molecule has 0 radical (unpaired) electrons. The molecule has 0 bridgehead atoms. The minimum Gasteiger partial charge on any atom is -0.320 e. The molecule has 1 atom stereocenters. The second-order valence-corrected chi connectivity index (χ2v) is 11.4. The monoisotopic (exact) mass is 542 g/mol. The predicted octanol–water partition coefficient (Wildman–Crippen LogP) is 5.41. The second kappa shape index (κ2) is 9.92. The molecule has 0 N–H and O–H groups in total. The SMILES string of the molecule is Cn1cnnc1C(c1cccc(-n2cc3c(C(F)(F)F)cc(CN4CCCCS4)cn3c2=O)c1)C1CCC1. The molecule has 3 aromatic heterocycles. The van der Waals surface area contributed by atoms with Gasteiger partial charge in [-0.3, -0.25) is 8.97 Å². The van der Waals surface area contributed by atoms with E-state index in [-0.39, 0.29) is 11.4 Å². The van der Waals surface area contributed by atoms with Gasteiger partial charge in [-0.05, 0) is 60.9 Å². The lowest BCUT2D eigenvalue weighted by atomic mass is 9.72. The van der Waals surface area contributed by atoms with Crippen LogP contribution in [0.5, 0.6) is 0 Å². The number of fused-ring (bicyclic) bond motifs is 1. The molecule has 1 unspecified atom stereocenters. The molecule has 4 aromatic rings. The van der Waals surface area contributed by atoms with Crippen molar-refractivity contribution in [3.63, 3.8) is 0 Å². The predicted molar refractivity (Wildman–Crippen MR) is 140 cm³/mol. The summed E-state index contributed by atoms with van der Waals surface area (Å²) in [5.41, 5.74) is 0.519. The highest BCUT2D eigenvalue weighted by Gasteiger charge is 2.35. The summed E-state index contributed by atoms with van der Waals surface area (Å²) in [5.74, 6) is 2.21. The normalized spacial score (nSPS) is 18.1. The Kier molecular flexibility index (Phi) is 6.59. The van der Waals surface area contributed by atoms with Gasteiger partial charge in [-0.25, -0.2) is 9.10 Å². The Balaban J connectivity index is 1.43. The zero-order chi connectivity index (χ0) is 26.4. The number of benzene rings is 1. The fourth-order valence-corrected chi connectivity index (χ4v) is 6.66. The second-order valence-electron chi connectivity index (χ2n) is 10.3. The third kappa shape index (κ3) is 4.66. The Labute approximate surface area is 222 Å². The number of nitrogens with zero attached hydrogens (tertiary/aromatic N) is 6. The summed E-state index contributed by atoms with van der Waals surface area (Å²) < 4.78 is 48.9. The number of hydrogen-bond donors (Lipinski definition) is 0. The van der Waals surface area contributed by atoms with Gasteiger partial charge in [0.1, 0.15) is 12.2 Å². The van der Waals surface area contributed by atoms with E-state index in [1.54, 1.807) is 30.5 Å². The molecule has 1 aromatic carbocycles. The summed E-state index contributed by atoms with van der Waals surface area (Å²) >= 11 is 1.64. The van der Waals surface area contributed by atoms with Crippen molar-refractivity contribution in [2.24, 2.45) is 13.0 Å². The highest BCUT2D eigenvalue weighted by Crippen LogP contribution is 2.43. The Hall–Kier alpha value is -3.05. The maximum atomic E-state index is 14.2. The van der Waals surface area contributed by atoms with Crippen LogP contribution >= 0.6 is 11.9 Å². The highest BCUT2D eigenvalue weighted by molar-refractivity contribution is 7.97. The van der Waals surface area contributed by atoms with Gasteiger partial charge in [-0.2, -0.15) is 13.2 Å². The summed E-state index contributed by atoms with van der Waals surface area (Å²) in [6, 6.07) is 8.70. The lowest BCUT2D eigenvalue weighted by Gasteiger charge is -2.33. The number of hydrogen-bond acceptors (Lipinski definition) is 5. The van der Waals surface area contributed by atoms with Crippen LogP contribution in [0.1, 0.15) is 60.5 Å². The van der Waals surface area contributed by atoms with Gasteiger partial charge in [0.05, 0.1) is 16.8 Å². The van der Waals surface area contributed by atoms with E-state index in [1.807, 2.05) is 29.8 Å².